The molecular formula is C13H11FN4O. The first-order valence-corrected chi connectivity index (χ1v) is 5.73. The Morgan fingerprint density at radius 3 is 2.84 bits per heavy atom. The van der Waals surface area contributed by atoms with E-state index in [1.165, 1.54) is 16.7 Å². The highest BCUT2D eigenvalue weighted by molar-refractivity contribution is 5.77. The molecule has 0 unspecified atom stereocenters. The van der Waals surface area contributed by atoms with Gasteiger partial charge in [-0.15, -0.1) is 0 Å². The Hall–Kier alpha value is -2.63. The number of halogens is 1. The van der Waals surface area contributed by atoms with Crippen LogP contribution in [0.15, 0.2) is 41.3 Å². The molecule has 0 amide bonds. The molecule has 0 aliphatic carbocycles. The van der Waals surface area contributed by atoms with Crippen LogP contribution in [0.3, 0.4) is 0 Å². The number of nitrogens with one attached hydrogen (secondary N) is 2. The van der Waals surface area contributed by atoms with Gasteiger partial charge in [-0.05, 0) is 30.3 Å². The van der Waals surface area contributed by atoms with Crippen LogP contribution in [0.5, 0.6) is 0 Å². The van der Waals surface area contributed by atoms with E-state index in [-0.39, 0.29) is 11.5 Å². The second-order valence-electron chi connectivity index (χ2n) is 4.08. The fraction of sp³-hybridized carbons (Fsp3) is 0.0769. The summed E-state index contributed by atoms with van der Waals surface area (Å²) in [5.74, 6) is 0.326. The van der Waals surface area contributed by atoms with Crippen LogP contribution in [0.1, 0.15) is 0 Å². The minimum atomic E-state index is -0.385. The maximum atomic E-state index is 13.1. The van der Waals surface area contributed by atoms with Crippen LogP contribution < -0.4 is 11.0 Å². The zero-order chi connectivity index (χ0) is 13.4. The van der Waals surface area contributed by atoms with Gasteiger partial charge in [-0.2, -0.15) is 0 Å². The van der Waals surface area contributed by atoms with Crippen LogP contribution in [0.2, 0.25) is 0 Å². The number of aromatic amines is 1. The Morgan fingerprint density at radius 1 is 1.32 bits per heavy atom. The average molecular weight is 258 g/mol. The molecule has 0 saturated heterocycles. The summed E-state index contributed by atoms with van der Waals surface area (Å²) in [5.41, 5.74) is 1.38. The molecule has 1 aromatic carbocycles. The minimum absolute atomic E-state index is 0.320. The van der Waals surface area contributed by atoms with Gasteiger partial charge >= 0.3 is 5.69 Å². The molecule has 0 atom stereocenters. The maximum Gasteiger partial charge on any atom is 0.331 e. The monoisotopic (exact) mass is 258 g/mol. The summed E-state index contributed by atoms with van der Waals surface area (Å²) < 4.78 is 14.6. The fourth-order valence-electron chi connectivity index (χ4n) is 2.01. The molecule has 19 heavy (non-hydrogen) atoms. The van der Waals surface area contributed by atoms with E-state index >= 15 is 0 Å². The van der Waals surface area contributed by atoms with E-state index in [0.717, 1.165) is 0 Å². The topological polar surface area (TPSA) is 62.7 Å². The predicted octanol–water partition coefficient (Wildman–Crippen LogP) is 1.89. The van der Waals surface area contributed by atoms with Crippen molar-refractivity contribution in [2.75, 3.05) is 12.4 Å². The lowest BCUT2D eigenvalue weighted by atomic mass is 10.3. The quantitative estimate of drug-likeness (QED) is 0.738. The number of fused-ring (bicyclic) bond motifs is 1. The van der Waals surface area contributed by atoms with E-state index in [2.05, 4.69) is 15.3 Å². The summed E-state index contributed by atoms with van der Waals surface area (Å²) in [4.78, 5) is 18.7. The molecule has 0 bridgehead atoms. The number of nitrogens with zero attached hydrogens (tertiary/aromatic N) is 2. The van der Waals surface area contributed by atoms with E-state index in [1.807, 2.05) is 0 Å². The molecule has 2 N–H and O–H groups in total. The number of hydrogen-bond acceptors (Lipinski definition) is 3. The number of rotatable bonds is 2. The smallest absolute Gasteiger partial charge is 0.331 e. The van der Waals surface area contributed by atoms with Gasteiger partial charge in [0.1, 0.15) is 11.6 Å². The highest BCUT2D eigenvalue weighted by atomic mass is 19.1. The lowest BCUT2D eigenvalue weighted by molar-refractivity contribution is 0.629. The maximum absolute atomic E-state index is 13.1. The van der Waals surface area contributed by atoms with Crippen LogP contribution >= 0.6 is 0 Å². The van der Waals surface area contributed by atoms with Gasteiger partial charge in [0.2, 0.25) is 0 Å². The first kappa shape index (κ1) is 11.5. The van der Waals surface area contributed by atoms with Gasteiger partial charge in [-0.3, -0.25) is 4.57 Å². The van der Waals surface area contributed by atoms with Crippen molar-refractivity contribution in [1.82, 2.24) is 14.5 Å². The molecule has 0 fully saturated rings. The molecular weight excluding hydrogens is 247 g/mol. The minimum Gasteiger partial charge on any atom is -0.373 e. The van der Waals surface area contributed by atoms with E-state index in [4.69, 9.17) is 0 Å². The van der Waals surface area contributed by atoms with Gasteiger partial charge in [0.25, 0.3) is 0 Å². The molecule has 0 aliphatic heterocycles. The number of pyridine rings is 1. The largest absolute Gasteiger partial charge is 0.373 e. The Balaban J connectivity index is 2.23. The predicted molar refractivity (Wildman–Crippen MR) is 71.2 cm³/mol. The van der Waals surface area contributed by atoms with E-state index in [9.17, 15) is 9.18 Å². The van der Waals surface area contributed by atoms with Crippen LogP contribution in [0, 0.1) is 5.82 Å². The van der Waals surface area contributed by atoms with Crippen molar-refractivity contribution in [2.24, 2.45) is 0 Å². The van der Waals surface area contributed by atoms with Crippen molar-refractivity contribution in [3.8, 4) is 5.69 Å². The van der Waals surface area contributed by atoms with Gasteiger partial charge in [0.15, 0.2) is 0 Å². The number of imidazole rings is 1. The Bertz CT molecular complexity index is 789. The second kappa shape index (κ2) is 4.24. The van der Waals surface area contributed by atoms with Crippen molar-refractivity contribution < 1.29 is 4.39 Å². The number of H-pyrrole nitrogens is 1. The SMILES string of the molecule is CNc1ccc(-n2c(=O)[nH]c3cc(F)ccc32)cn1. The van der Waals surface area contributed by atoms with Crippen molar-refractivity contribution in [1.29, 1.82) is 0 Å². The average Bonchev–Trinajstić information content (AvgIpc) is 2.74. The van der Waals surface area contributed by atoms with E-state index in [0.29, 0.717) is 22.5 Å². The summed E-state index contributed by atoms with van der Waals surface area (Å²) >= 11 is 0. The molecule has 0 aliphatic rings. The third kappa shape index (κ3) is 1.87. The van der Waals surface area contributed by atoms with Crippen LogP contribution in [0.25, 0.3) is 16.7 Å². The number of hydrogen-bond donors (Lipinski definition) is 2. The third-order valence-corrected chi connectivity index (χ3v) is 2.91. The standard InChI is InChI=1S/C13H11FN4O/c1-15-12-5-3-9(7-16-12)18-11-4-2-8(14)6-10(11)17-13(18)19/h2-7H,1H3,(H,15,16)(H,17,19). The molecule has 2 heterocycles. The zero-order valence-electron chi connectivity index (χ0n) is 10.1. The van der Waals surface area contributed by atoms with Gasteiger partial charge < -0.3 is 10.3 Å². The molecule has 0 saturated carbocycles. The number of benzene rings is 1. The molecule has 3 aromatic rings. The fourth-order valence-corrected chi connectivity index (χ4v) is 2.01. The van der Waals surface area contributed by atoms with E-state index in [1.54, 1.807) is 31.4 Å². The van der Waals surface area contributed by atoms with Crippen LogP contribution in [0.4, 0.5) is 10.2 Å². The number of anilines is 1. The molecule has 0 radical (unpaired) electrons. The first-order chi connectivity index (χ1) is 9.19. The summed E-state index contributed by atoms with van der Waals surface area (Å²) in [7, 11) is 1.77. The Morgan fingerprint density at radius 2 is 2.16 bits per heavy atom. The third-order valence-electron chi connectivity index (χ3n) is 2.91. The van der Waals surface area contributed by atoms with Crippen molar-refractivity contribution in [2.45, 2.75) is 0 Å². The van der Waals surface area contributed by atoms with Crippen molar-refractivity contribution in [3.05, 3.63) is 52.8 Å². The zero-order valence-corrected chi connectivity index (χ0v) is 10.1. The molecule has 5 nitrogen and oxygen atoms in total. The van der Waals surface area contributed by atoms with E-state index < -0.39 is 0 Å². The Labute approximate surface area is 107 Å². The molecule has 6 heteroatoms. The van der Waals surface area contributed by atoms with Crippen molar-refractivity contribution >= 4 is 16.9 Å². The normalized spacial score (nSPS) is 10.8. The molecule has 3 rings (SSSR count). The summed E-state index contributed by atoms with van der Waals surface area (Å²) in [6.07, 6.45) is 1.59. The molecule has 0 spiro atoms. The molecule has 2 aromatic heterocycles. The van der Waals surface area contributed by atoms with Crippen LogP contribution in [-0.2, 0) is 0 Å². The van der Waals surface area contributed by atoms with Gasteiger partial charge in [0.05, 0.1) is 22.9 Å². The number of aromatic nitrogens is 3. The highest BCUT2D eigenvalue weighted by Gasteiger charge is 2.09. The molecule has 96 valence electrons. The van der Waals surface area contributed by atoms with Crippen LogP contribution in [-0.4, -0.2) is 21.6 Å². The van der Waals surface area contributed by atoms with Gasteiger partial charge in [-0.1, -0.05) is 0 Å². The lowest BCUT2D eigenvalue weighted by Crippen LogP contribution is -2.14. The second-order valence-corrected chi connectivity index (χ2v) is 4.08. The summed E-state index contributed by atoms with van der Waals surface area (Å²) in [6.45, 7) is 0. The van der Waals surface area contributed by atoms with Gasteiger partial charge in [0, 0.05) is 7.05 Å². The summed E-state index contributed by atoms with van der Waals surface area (Å²) in [6, 6.07) is 7.72. The summed E-state index contributed by atoms with van der Waals surface area (Å²) in [5, 5.41) is 2.90. The Kier molecular flexibility index (Phi) is 2.56. The van der Waals surface area contributed by atoms with Gasteiger partial charge in [-0.25, -0.2) is 14.2 Å². The first-order valence-electron chi connectivity index (χ1n) is 5.73. The highest BCUT2D eigenvalue weighted by Crippen LogP contribution is 2.16. The van der Waals surface area contributed by atoms with Crippen molar-refractivity contribution in [3.63, 3.8) is 0 Å². The lowest BCUT2D eigenvalue weighted by Gasteiger charge is -2.04.